The number of rotatable bonds is 1. The Morgan fingerprint density at radius 3 is 2.03 bits per heavy atom. The van der Waals surface area contributed by atoms with Crippen LogP contribution in [-0.4, -0.2) is 43.0 Å². The molecule has 8 nitrogen and oxygen atoms in total. The third-order valence-electron chi connectivity index (χ3n) is 3.93. The van der Waals surface area contributed by atoms with Crippen LogP contribution in [0.15, 0.2) is 36.4 Å². The fraction of sp³-hybridized carbons (Fsp3) is 0.176. The minimum atomic E-state index is -0.806. The van der Waals surface area contributed by atoms with Gasteiger partial charge in [0, 0.05) is 36.9 Å². The van der Waals surface area contributed by atoms with Crippen LogP contribution in [0.1, 0.15) is 11.1 Å². The van der Waals surface area contributed by atoms with Crippen molar-refractivity contribution < 1.29 is 70.9 Å². The van der Waals surface area contributed by atoms with Crippen LogP contribution >= 0.6 is 0 Å². The number of fused-ring (bicyclic) bond motifs is 2. The molecule has 12 heteroatoms. The number of benzene rings is 2. The Kier molecular flexibility index (Phi) is 12.7. The number of hydrogen-bond donors (Lipinski definition) is 3. The van der Waals surface area contributed by atoms with Crippen molar-refractivity contribution in [1.82, 2.24) is 0 Å². The molecular formula is C17H17B2NNiO7Re. The summed E-state index contributed by atoms with van der Waals surface area (Å²) >= 11 is 0. The molecule has 0 aromatic heterocycles. The van der Waals surface area contributed by atoms with Crippen LogP contribution in [0.4, 0.5) is 5.69 Å². The molecule has 0 aliphatic carbocycles. The summed E-state index contributed by atoms with van der Waals surface area (Å²) in [7, 11) is 0.0548. The number of hydrogen-bond acceptors (Lipinski definition) is 6. The maximum Gasteiger partial charge on any atom is 0.491 e. The zero-order chi connectivity index (χ0) is 19.8. The van der Waals surface area contributed by atoms with E-state index >= 15 is 0 Å². The van der Waals surface area contributed by atoms with Gasteiger partial charge in [0.1, 0.15) is 5.75 Å². The van der Waals surface area contributed by atoms with E-state index in [0.29, 0.717) is 18.9 Å². The fourth-order valence-electron chi connectivity index (χ4n) is 2.62. The molecule has 2 aliphatic rings. The number of ether oxygens (including phenoxy) is 1. The van der Waals surface area contributed by atoms with E-state index in [1.165, 1.54) is 0 Å². The van der Waals surface area contributed by atoms with Gasteiger partial charge < -0.3 is 29.2 Å². The quantitative estimate of drug-likeness (QED) is 0.237. The van der Waals surface area contributed by atoms with Crippen molar-refractivity contribution in [2.24, 2.45) is 0 Å². The summed E-state index contributed by atoms with van der Waals surface area (Å²) in [5.74, 6) is 0.798. The summed E-state index contributed by atoms with van der Waals surface area (Å²) in [5, 5.41) is 25.4. The van der Waals surface area contributed by atoms with Gasteiger partial charge in [0.05, 0.1) is 26.9 Å². The van der Waals surface area contributed by atoms with Crippen LogP contribution in [0.3, 0.4) is 0 Å². The number of nitrogens with zero attached hydrogens (tertiary/aromatic N) is 1. The number of carbonyl (C=O) groups is 1. The second-order valence-electron chi connectivity index (χ2n) is 5.49. The Morgan fingerprint density at radius 2 is 1.55 bits per heavy atom. The molecule has 155 valence electrons. The van der Waals surface area contributed by atoms with E-state index in [2.05, 4.69) is 4.85 Å². The van der Waals surface area contributed by atoms with Crippen LogP contribution in [0.25, 0.3) is 4.85 Å². The Hall–Kier alpha value is -1.67. The molecule has 2 aromatic rings. The minimum absolute atomic E-state index is 0. The van der Waals surface area contributed by atoms with Crippen molar-refractivity contribution in [2.45, 2.75) is 13.2 Å². The smallest absolute Gasteiger partial charge is 0.491 e. The molecule has 3 N–H and O–H groups in total. The summed E-state index contributed by atoms with van der Waals surface area (Å²) in [6.07, 6.45) is 0. The molecular weight excluding hydrogens is 597 g/mol. The summed E-state index contributed by atoms with van der Waals surface area (Å²) in [5.41, 5.74) is 4.13. The molecule has 29 heavy (non-hydrogen) atoms. The predicted octanol–water partition coefficient (Wildman–Crippen LogP) is 0.0638. The van der Waals surface area contributed by atoms with Gasteiger partial charge in [-0.1, -0.05) is 24.3 Å². The molecule has 2 aliphatic heterocycles. The van der Waals surface area contributed by atoms with Crippen LogP contribution in [0.5, 0.6) is 5.75 Å². The van der Waals surface area contributed by atoms with Crippen molar-refractivity contribution in [2.75, 3.05) is 7.11 Å². The first kappa shape index (κ1) is 27.3. The van der Waals surface area contributed by atoms with Gasteiger partial charge in [0.2, 0.25) is 0 Å². The second-order valence-corrected chi connectivity index (χ2v) is 5.49. The van der Waals surface area contributed by atoms with Gasteiger partial charge in [-0.3, -0.25) is 4.79 Å². The first-order chi connectivity index (χ1) is 13.0. The summed E-state index contributed by atoms with van der Waals surface area (Å²) < 4.78 is 15.0. The molecule has 1 radical (unpaired) electrons. The fourth-order valence-corrected chi connectivity index (χ4v) is 2.62. The van der Waals surface area contributed by atoms with E-state index in [-0.39, 0.29) is 43.4 Å². The molecule has 0 bridgehead atoms. The summed E-state index contributed by atoms with van der Waals surface area (Å²) in [6.45, 7) is 7.40. The summed E-state index contributed by atoms with van der Waals surface area (Å²) in [6, 6.07) is 10.7. The average molecular weight is 614 g/mol. The normalized spacial score (nSPS) is 12.3. The van der Waals surface area contributed by atoms with Crippen molar-refractivity contribution in [3.63, 3.8) is 0 Å². The van der Waals surface area contributed by atoms with E-state index in [1.807, 2.05) is 18.2 Å². The third-order valence-corrected chi connectivity index (χ3v) is 3.93. The molecule has 0 saturated carbocycles. The Labute approximate surface area is 192 Å². The van der Waals surface area contributed by atoms with Gasteiger partial charge in [-0.25, -0.2) is 4.85 Å². The topological polar surface area (TPSA) is 110 Å². The monoisotopic (exact) mass is 614 g/mol. The molecule has 0 amide bonds. The van der Waals surface area contributed by atoms with Crippen molar-refractivity contribution in [1.29, 1.82) is 0 Å². The van der Waals surface area contributed by atoms with Gasteiger partial charge in [0.25, 0.3) is 6.47 Å². The molecule has 0 fully saturated rings. The van der Waals surface area contributed by atoms with Gasteiger partial charge in [0.15, 0.2) is 5.69 Å². The Bertz CT molecular complexity index is 853. The maximum absolute atomic E-state index is 9.28. The number of carboxylic acid groups (broad SMARTS) is 1. The zero-order valence-electron chi connectivity index (χ0n) is 15.2. The molecule has 2 heterocycles. The van der Waals surface area contributed by atoms with Gasteiger partial charge in [-0.2, -0.15) is 0 Å². The standard InChI is InChI=1S/C8H6BNO2.C8H9BO3.CH2O2.Ni.Re/c1-10-7-2-3-8-6(4-7)5-12-9(8)11;1-11-7-2-3-8-6(4-7)5-12-9(8)10;2-1-3;;/h2-4,11H,5H2;2-4,10H,5H2,1H3;1H,(H,2,3);;. The maximum atomic E-state index is 9.28. The first-order valence-corrected chi connectivity index (χ1v) is 7.88. The van der Waals surface area contributed by atoms with Crippen molar-refractivity contribution in [3.05, 3.63) is 58.9 Å². The zero-order valence-corrected chi connectivity index (χ0v) is 18.9. The molecule has 0 atom stereocenters. The largest absolute Gasteiger partial charge is 0.497 e. The van der Waals surface area contributed by atoms with E-state index in [9.17, 15) is 10.0 Å². The van der Waals surface area contributed by atoms with Crippen molar-refractivity contribution >= 4 is 37.3 Å². The summed E-state index contributed by atoms with van der Waals surface area (Å²) in [4.78, 5) is 11.6. The Balaban J connectivity index is 0.000000450. The van der Waals surface area contributed by atoms with Crippen LogP contribution in [0, 0.1) is 6.57 Å². The molecule has 0 unspecified atom stereocenters. The van der Waals surface area contributed by atoms with Crippen LogP contribution < -0.4 is 15.7 Å². The van der Waals surface area contributed by atoms with Crippen LogP contribution in [-0.2, 0) is 64.2 Å². The van der Waals surface area contributed by atoms with Gasteiger partial charge >= 0.3 is 14.2 Å². The SMILES string of the molecule is COc1ccc2c(c1)COB2O.O=CO.[C-]#[N+]c1ccc2c(c1)COB2O.[Ni].[Re]. The van der Waals surface area contributed by atoms with E-state index in [4.69, 9.17) is 30.5 Å². The molecule has 0 spiro atoms. The van der Waals surface area contributed by atoms with Crippen molar-refractivity contribution in [3.8, 4) is 5.75 Å². The van der Waals surface area contributed by atoms with Gasteiger partial charge in [-0.05, 0) is 34.2 Å². The average Bonchev–Trinajstić information content (AvgIpc) is 3.25. The molecule has 0 saturated heterocycles. The second kappa shape index (κ2) is 13.5. The molecule has 2 aromatic carbocycles. The van der Waals surface area contributed by atoms with Crippen LogP contribution in [0.2, 0.25) is 0 Å². The van der Waals surface area contributed by atoms with Gasteiger partial charge in [-0.15, -0.1) is 0 Å². The van der Waals surface area contributed by atoms with E-state index < -0.39 is 14.2 Å². The van der Waals surface area contributed by atoms with E-state index in [1.54, 1.807) is 25.3 Å². The Morgan fingerprint density at radius 1 is 1.07 bits per heavy atom. The predicted molar refractivity (Wildman–Crippen MR) is 99.2 cm³/mol. The third kappa shape index (κ3) is 7.26. The van der Waals surface area contributed by atoms with E-state index in [0.717, 1.165) is 27.8 Å². The number of methoxy groups -OCH3 is 1. The molecule has 4 rings (SSSR count). The first-order valence-electron chi connectivity index (χ1n) is 7.88. The minimum Gasteiger partial charge on any atom is -0.497 e.